The number of hydrogen-bond donors (Lipinski definition) is 4. The number of aromatic amines is 1. The predicted octanol–water partition coefficient (Wildman–Crippen LogP) is 3.59. The number of benzene rings is 2. The molecule has 0 bridgehead atoms. The molecule has 3 aromatic rings. The van der Waals surface area contributed by atoms with Crippen LogP contribution in [0.4, 0.5) is 0 Å². The van der Waals surface area contributed by atoms with Crippen LogP contribution >= 0.6 is 11.6 Å². The van der Waals surface area contributed by atoms with Crippen molar-refractivity contribution in [1.82, 2.24) is 9.88 Å². The Morgan fingerprint density at radius 2 is 1.91 bits per heavy atom. The summed E-state index contributed by atoms with van der Waals surface area (Å²) in [4.78, 5) is 5.56. The third-order valence-electron chi connectivity index (χ3n) is 6.96. The van der Waals surface area contributed by atoms with Crippen molar-refractivity contribution in [3.8, 4) is 5.75 Å². The molecule has 4 N–H and O–H groups in total. The summed E-state index contributed by atoms with van der Waals surface area (Å²) >= 11 is 6.29. The summed E-state index contributed by atoms with van der Waals surface area (Å²) in [6.07, 6.45) is 2.41. The molecule has 8 heteroatoms. The van der Waals surface area contributed by atoms with E-state index in [4.69, 9.17) is 26.2 Å². The van der Waals surface area contributed by atoms with Gasteiger partial charge in [0.15, 0.2) is 0 Å². The molecule has 34 heavy (non-hydrogen) atoms. The maximum Gasteiger partial charge on any atom is 0.216 e. The van der Waals surface area contributed by atoms with Crippen LogP contribution in [0.1, 0.15) is 42.1 Å². The van der Waals surface area contributed by atoms with Crippen LogP contribution in [0.5, 0.6) is 5.75 Å². The lowest BCUT2D eigenvalue weighted by Gasteiger charge is -2.39. The van der Waals surface area contributed by atoms with E-state index in [1.54, 1.807) is 0 Å². The standard InChI is InChI=1S/C26H31ClN2O5/c27-18-6-9-23-22(12-18)21-10-11-29(26(32)34-14-16-2-1-3-16)25(24(21)28-23)17-4-7-20(8-5-17)33-15-19(31)13-30/h4-9,12,16,19,25-26,28,30-32H,1-3,10-11,13-15H2/t19-,25-,26?/m0/s1. The van der Waals surface area contributed by atoms with Crippen LogP contribution in [0.3, 0.4) is 0 Å². The molecule has 1 aromatic heterocycles. The molecule has 2 aromatic carbocycles. The van der Waals surface area contributed by atoms with Crippen molar-refractivity contribution in [2.75, 3.05) is 26.4 Å². The van der Waals surface area contributed by atoms with Crippen LogP contribution in [0, 0.1) is 5.92 Å². The van der Waals surface area contributed by atoms with Crippen molar-refractivity contribution in [2.24, 2.45) is 5.92 Å². The van der Waals surface area contributed by atoms with Gasteiger partial charge in [-0.25, -0.2) is 4.90 Å². The molecule has 182 valence electrons. The number of halogens is 1. The number of fused-ring (bicyclic) bond motifs is 3. The number of nitrogens with zero attached hydrogens (tertiary/aromatic N) is 1. The Morgan fingerprint density at radius 3 is 2.62 bits per heavy atom. The molecule has 3 atom stereocenters. The second-order valence-corrected chi connectivity index (χ2v) is 9.71. The number of aromatic nitrogens is 1. The van der Waals surface area contributed by atoms with Crippen LogP contribution in [-0.2, 0) is 11.2 Å². The highest BCUT2D eigenvalue weighted by atomic mass is 35.5. The second kappa shape index (κ2) is 10.2. The van der Waals surface area contributed by atoms with Crippen molar-refractivity contribution >= 4 is 22.5 Å². The van der Waals surface area contributed by atoms with E-state index in [0.29, 0.717) is 29.8 Å². The number of rotatable bonds is 9. The summed E-state index contributed by atoms with van der Waals surface area (Å²) in [6, 6.07) is 13.2. The second-order valence-electron chi connectivity index (χ2n) is 9.27. The molecular formula is C26H31ClN2O5. The van der Waals surface area contributed by atoms with E-state index >= 15 is 0 Å². The van der Waals surface area contributed by atoms with E-state index in [0.717, 1.165) is 41.4 Å². The van der Waals surface area contributed by atoms with Gasteiger partial charge in [0.1, 0.15) is 18.5 Å². The smallest absolute Gasteiger partial charge is 0.216 e. The van der Waals surface area contributed by atoms with Crippen LogP contribution in [0.2, 0.25) is 5.02 Å². The SMILES string of the molecule is OC[C@H](O)COc1ccc([C@H]2c3[nH]c4ccc(Cl)cc4c3CCN2C(O)OCC2CCC2)cc1. The van der Waals surface area contributed by atoms with E-state index in [1.807, 2.05) is 47.4 Å². The first-order chi connectivity index (χ1) is 16.5. The monoisotopic (exact) mass is 486 g/mol. The molecule has 0 spiro atoms. The molecule has 0 radical (unpaired) electrons. The zero-order chi connectivity index (χ0) is 23.7. The van der Waals surface area contributed by atoms with Crippen LogP contribution in [0.25, 0.3) is 10.9 Å². The lowest BCUT2D eigenvalue weighted by molar-refractivity contribution is -0.213. The molecule has 1 aliphatic heterocycles. The molecule has 1 saturated carbocycles. The Labute approximate surface area is 203 Å². The van der Waals surface area contributed by atoms with Gasteiger partial charge < -0.3 is 29.8 Å². The minimum absolute atomic E-state index is 0.0199. The van der Waals surface area contributed by atoms with E-state index < -0.39 is 12.5 Å². The highest BCUT2D eigenvalue weighted by Gasteiger charge is 2.36. The topological polar surface area (TPSA) is 98.2 Å². The normalized spacial score (nSPS) is 20.6. The molecule has 5 rings (SSSR count). The molecule has 1 aliphatic carbocycles. The van der Waals surface area contributed by atoms with Crippen molar-refractivity contribution in [1.29, 1.82) is 0 Å². The maximum atomic E-state index is 11.0. The first-order valence-corrected chi connectivity index (χ1v) is 12.3. The molecule has 7 nitrogen and oxygen atoms in total. The quantitative estimate of drug-likeness (QED) is 0.345. The fourth-order valence-electron chi connectivity index (χ4n) is 4.84. The summed E-state index contributed by atoms with van der Waals surface area (Å²) in [5, 5.41) is 31.4. The van der Waals surface area contributed by atoms with Gasteiger partial charge in [-0.3, -0.25) is 0 Å². The predicted molar refractivity (Wildman–Crippen MR) is 130 cm³/mol. The van der Waals surface area contributed by atoms with Gasteiger partial charge in [-0.2, -0.15) is 0 Å². The minimum Gasteiger partial charge on any atom is -0.491 e. The van der Waals surface area contributed by atoms with Gasteiger partial charge in [-0.05, 0) is 66.6 Å². The Balaban J connectivity index is 1.45. The number of nitrogens with one attached hydrogen (secondary N) is 1. The van der Waals surface area contributed by atoms with Crippen LogP contribution in [-0.4, -0.2) is 64.1 Å². The molecule has 0 saturated heterocycles. The first-order valence-electron chi connectivity index (χ1n) is 11.9. The van der Waals surface area contributed by atoms with Crippen molar-refractivity contribution in [3.63, 3.8) is 0 Å². The fraction of sp³-hybridized carbons (Fsp3) is 0.462. The van der Waals surface area contributed by atoms with Crippen molar-refractivity contribution in [2.45, 2.75) is 44.2 Å². The van der Waals surface area contributed by atoms with Gasteiger partial charge in [-0.15, -0.1) is 0 Å². The Hall–Kier alpha value is -2.13. The number of H-pyrrole nitrogens is 1. The highest BCUT2D eigenvalue weighted by Crippen LogP contribution is 2.40. The van der Waals surface area contributed by atoms with Crippen LogP contribution < -0.4 is 4.74 Å². The van der Waals surface area contributed by atoms with E-state index in [9.17, 15) is 10.2 Å². The van der Waals surface area contributed by atoms with Crippen LogP contribution in [0.15, 0.2) is 42.5 Å². The lowest BCUT2D eigenvalue weighted by atomic mass is 9.86. The number of hydrogen-bond acceptors (Lipinski definition) is 6. The summed E-state index contributed by atoms with van der Waals surface area (Å²) in [7, 11) is 0. The number of aliphatic hydroxyl groups is 3. The summed E-state index contributed by atoms with van der Waals surface area (Å²) in [6.45, 7) is 0.885. The molecule has 1 fully saturated rings. The molecular weight excluding hydrogens is 456 g/mol. The molecule has 2 aliphatic rings. The Kier molecular flexibility index (Phi) is 7.11. The van der Waals surface area contributed by atoms with Gasteiger partial charge >= 0.3 is 0 Å². The Bertz CT molecular complexity index is 1110. The third-order valence-corrected chi connectivity index (χ3v) is 7.20. The summed E-state index contributed by atoms with van der Waals surface area (Å²) < 4.78 is 11.5. The zero-order valence-corrected chi connectivity index (χ0v) is 19.7. The van der Waals surface area contributed by atoms with Crippen molar-refractivity contribution < 1.29 is 24.8 Å². The average molecular weight is 487 g/mol. The van der Waals surface area contributed by atoms with Gasteiger partial charge in [0, 0.05) is 28.2 Å². The van der Waals surface area contributed by atoms with Gasteiger partial charge in [0.05, 0.1) is 19.3 Å². The van der Waals surface area contributed by atoms with Gasteiger partial charge in [0.25, 0.3) is 0 Å². The molecule has 2 heterocycles. The summed E-state index contributed by atoms with van der Waals surface area (Å²) in [5.41, 5.74) is 4.24. The minimum atomic E-state index is -1.01. The van der Waals surface area contributed by atoms with Gasteiger partial charge in [0.2, 0.25) is 6.41 Å². The zero-order valence-electron chi connectivity index (χ0n) is 19.0. The van der Waals surface area contributed by atoms with Gasteiger partial charge in [-0.1, -0.05) is 30.2 Å². The first kappa shape index (κ1) is 23.6. The van der Waals surface area contributed by atoms with Crippen molar-refractivity contribution in [3.05, 3.63) is 64.3 Å². The fourth-order valence-corrected chi connectivity index (χ4v) is 5.02. The lowest BCUT2D eigenvalue weighted by Crippen LogP contribution is -2.45. The molecule has 1 unspecified atom stereocenters. The van der Waals surface area contributed by atoms with E-state index in [-0.39, 0.29) is 19.3 Å². The van der Waals surface area contributed by atoms with E-state index in [1.165, 1.54) is 12.0 Å². The Morgan fingerprint density at radius 1 is 1.12 bits per heavy atom. The maximum absolute atomic E-state index is 11.0. The highest BCUT2D eigenvalue weighted by molar-refractivity contribution is 6.31. The number of ether oxygens (including phenoxy) is 2. The molecule has 0 amide bonds. The largest absolute Gasteiger partial charge is 0.491 e. The van der Waals surface area contributed by atoms with E-state index in [2.05, 4.69) is 4.98 Å². The third kappa shape index (κ3) is 4.82. The average Bonchev–Trinajstić information content (AvgIpc) is 3.19. The summed E-state index contributed by atoms with van der Waals surface area (Å²) in [5.74, 6) is 1.14. The number of aliphatic hydroxyl groups excluding tert-OH is 3.